The predicted molar refractivity (Wildman–Crippen MR) is 61.1 cm³/mol. The summed E-state index contributed by atoms with van der Waals surface area (Å²) in [6.07, 6.45) is 3.45. The van der Waals surface area contributed by atoms with E-state index in [0.717, 1.165) is 19.3 Å². The normalized spacial score (nSPS) is 39.2. The molecule has 3 nitrogen and oxygen atoms in total. The Hall–Kier alpha value is -0.570. The van der Waals surface area contributed by atoms with Crippen LogP contribution in [0.15, 0.2) is 0 Å². The molecule has 0 radical (unpaired) electrons. The summed E-state index contributed by atoms with van der Waals surface area (Å²) < 4.78 is 6.04. The minimum atomic E-state index is -0.608. The lowest BCUT2D eigenvalue weighted by Crippen LogP contribution is -2.32. The molecule has 0 aromatic carbocycles. The molecule has 0 saturated heterocycles. The highest BCUT2D eigenvalue weighted by Crippen LogP contribution is 2.50. The molecule has 92 valence electrons. The Morgan fingerprint density at radius 2 is 1.88 bits per heavy atom. The molecule has 5 atom stereocenters. The summed E-state index contributed by atoms with van der Waals surface area (Å²) in [5.74, 6) is 0.690. The van der Waals surface area contributed by atoms with Gasteiger partial charge in [-0.2, -0.15) is 0 Å². The molecule has 1 N–H and O–H groups in total. The molecule has 2 fully saturated rings. The lowest BCUT2D eigenvalue weighted by molar-refractivity contribution is -0.145. The molecule has 2 saturated carbocycles. The maximum Gasteiger partial charge on any atom is 0.306 e. The van der Waals surface area contributed by atoms with Crippen LogP contribution in [0.1, 0.15) is 40.0 Å². The third-order valence-electron chi connectivity index (χ3n) is 4.44. The van der Waals surface area contributed by atoms with Crippen LogP contribution in [-0.2, 0) is 9.53 Å². The number of carbonyl (C=O) groups is 1. The van der Waals surface area contributed by atoms with Crippen LogP contribution >= 0.6 is 0 Å². The third kappa shape index (κ3) is 2.10. The van der Waals surface area contributed by atoms with Gasteiger partial charge in [-0.3, -0.25) is 4.79 Å². The Balaban J connectivity index is 1.88. The summed E-state index contributed by atoms with van der Waals surface area (Å²) in [6, 6.07) is 0. The van der Waals surface area contributed by atoms with Crippen molar-refractivity contribution in [3.63, 3.8) is 0 Å². The van der Waals surface area contributed by atoms with Gasteiger partial charge < -0.3 is 9.84 Å². The molecule has 4 unspecified atom stereocenters. The van der Waals surface area contributed by atoms with Crippen LogP contribution in [0.3, 0.4) is 0 Å². The number of fused-ring (bicyclic) bond motifs is 2. The monoisotopic (exact) mass is 226 g/mol. The first kappa shape index (κ1) is 11.9. The molecule has 16 heavy (non-hydrogen) atoms. The molecule has 0 aromatic rings. The zero-order valence-corrected chi connectivity index (χ0v) is 10.3. The second kappa shape index (κ2) is 4.36. The number of hydrogen-bond acceptors (Lipinski definition) is 2. The van der Waals surface area contributed by atoms with E-state index < -0.39 is 5.97 Å². The number of rotatable bonds is 4. The van der Waals surface area contributed by atoms with Crippen LogP contribution in [0, 0.1) is 23.7 Å². The van der Waals surface area contributed by atoms with Crippen molar-refractivity contribution in [3.05, 3.63) is 0 Å². The second-order valence-electron chi connectivity index (χ2n) is 5.80. The molecule has 0 heterocycles. The van der Waals surface area contributed by atoms with Crippen LogP contribution in [0.4, 0.5) is 0 Å². The predicted octanol–water partition coefficient (Wildman–Crippen LogP) is 2.55. The van der Waals surface area contributed by atoms with E-state index in [0.29, 0.717) is 23.9 Å². The topological polar surface area (TPSA) is 46.5 Å². The molecule has 0 aliphatic heterocycles. The van der Waals surface area contributed by atoms with Gasteiger partial charge in [0.25, 0.3) is 0 Å². The smallest absolute Gasteiger partial charge is 0.306 e. The van der Waals surface area contributed by atoms with E-state index in [2.05, 4.69) is 20.8 Å². The highest BCUT2D eigenvalue weighted by atomic mass is 16.5. The lowest BCUT2D eigenvalue weighted by Gasteiger charge is -2.29. The van der Waals surface area contributed by atoms with Crippen molar-refractivity contribution in [3.8, 4) is 0 Å². The zero-order valence-electron chi connectivity index (χ0n) is 10.3. The second-order valence-corrected chi connectivity index (χ2v) is 5.80. The third-order valence-corrected chi connectivity index (χ3v) is 4.44. The van der Waals surface area contributed by atoms with Crippen LogP contribution < -0.4 is 0 Å². The van der Waals surface area contributed by atoms with Gasteiger partial charge in [0, 0.05) is 0 Å². The molecule has 3 heteroatoms. The zero-order chi connectivity index (χ0) is 11.9. The van der Waals surface area contributed by atoms with Crippen LogP contribution in [0.2, 0.25) is 0 Å². The Kier molecular flexibility index (Phi) is 3.24. The first-order valence-electron chi connectivity index (χ1n) is 6.37. The summed E-state index contributed by atoms with van der Waals surface area (Å²) in [4.78, 5) is 11.0. The number of carboxylic acid groups (broad SMARTS) is 1. The lowest BCUT2D eigenvalue weighted by atomic mass is 9.87. The summed E-state index contributed by atoms with van der Waals surface area (Å²) in [5, 5.41) is 9.05. The summed E-state index contributed by atoms with van der Waals surface area (Å²) in [5.41, 5.74) is 0. The molecule has 0 spiro atoms. The van der Waals surface area contributed by atoms with Gasteiger partial charge in [0.2, 0.25) is 0 Å². The van der Waals surface area contributed by atoms with E-state index >= 15 is 0 Å². The van der Waals surface area contributed by atoms with Crippen LogP contribution in [-0.4, -0.2) is 23.3 Å². The van der Waals surface area contributed by atoms with Gasteiger partial charge in [0.15, 0.2) is 0 Å². The summed E-state index contributed by atoms with van der Waals surface area (Å²) in [6.45, 7) is 6.45. The van der Waals surface area contributed by atoms with Crippen molar-refractivity contribution in [2.75, 3.05) is 0 Å². The van der Waals surface area contributed by atoms with Crippen molar-refractivity contribution in [2.45, 2.75) is 52.2 Å². The minimum Gasteiger partial charge on any atom is -0.481 e. The molecule has 2 bridgehead atoms. The van der Waals surface area contributed by atoms with Crippen molar-refractivity contribution < 1.29 is 14.6 Å². The SMILES string of the molecule is CC(C)[C@@H](C)OC1CC2CC1CC2C(=O)O. The number of carboxylic acids is 1. The number of ether oxygens (including phenoxy) is 1. The van der Waals surface area contributed by atoms with Crippen molar-refractivity contribution >= 4 is 5.97 Å². The standard InChI is InChI=1S/C13H22O3/c1-7(2)8(3)16-12-6-9-4-10(12)5-11(9)13(14)15/h7-12H,4-6H2,1-3H3,(H,14,15)/t8-,9?,10?,11?,12?/m1/s1. The van der Waals surface area contributed by atoms with Crippen molar-refractivity contribution in [1.82, 2.24) is 0 Å². The number of aliphatic carboxylic acids is 1. The van der Waals surface area contributed by atoms with Gasteiger partial charge in [-0.05, 0) is 43.9 Å². The van der Waals surface area contributed by atoms with Gasteiger partial charge in [-0.1, -0.05) is 13.8 Å². The molecule has 2 rings (SSSR count). The maximum atomic E-state index is 11.0. The highest BCUT2D eigenvalue weighted by molar-refractivity contribution is 5.71. The fourth-order valence-electron chi connectivity index (χ4n) is 3.12. The quantitative estimate of drug-likeness (QED) is 0.801. The first-order chi connectivity index (χ1) is 7.49. The van der Waals surface area contributed by atoms with E-state index in [1.165, 1.54) is 0 Å². The fourth-order valence-corrected chi connectivity index (χ4v) is 3.12. The average molecular weight is 226 g/mol. The maximum absolute atomic E-state index is 11.0. The molecular weight excluding hydrogens is 204 g/mol. The van der Waals surface area contributed by atoms with Gasteiger partial charge in [-0.25, -0.2) is 0 Å². The Morgan fingerprint density at radius 1 is 1.19 bits per heavy atom. The first-order valence-corrected chi connectivity index (χ1v) is 6.37. The highest BCUT2D eigenvalue weighted by Gasteiger charge is 2.49. The van der Waals surface area contributed by atoms with E-state index in [9.17, 15) is 4.79 Å². The van der Waals surface area contributed by atoms with E-state index in [-0.39, 0.29) is 12.0 Å². The summed E-state index contributed by atoms with van der Waals surface area (Å²) in [7, 11) is 0. The molecule has 2 aliphatic rings. The Morgan fingerprint density at radius 3 is 2.31 bits per heavy atom. The minimum absolute atomic E-state index is 0.0980. The largest absolute Gasteiger partial charge is 0.481 e. The van der Waals surface area contributed by atoms with E-state index in [4.69, 9.17) is 9.84 Å². The van der Waals surface area contributed by atoms with Gasteiger partial charge in [0.05, 0.1) is 18.1 Å². The molecule has 2 aliphatic carbocycles. The van der Waals surface area contributed by atoms with E-state index in [1.54, 1.807) is 0 Å². The summed E-state index contributed by atoms with van der Waals surface area (Å²) >= 11 is 0. The Labute approximate surface area is 97.2 Å². The number of hydrogen-bond donors (Lipinski definition) is 1. The van der Waals surface area contributed by atoms with Gasteiger partial charge in [-0.15, -0.1) is 0 Å². The average Bonchev–Trinajstić information content (AvgIpc) is 2.75. The Bertz CT molecular complexity index is 274. The van der Waals surface area contributed by atoms with Crippen molar-refractivity contribution in [2.24, 2.45) is 23.7 Å². The fraction of sp³-hybridized carbons (Fsp3) is 0.923. The molecular formula is C13H22O3. The molecule has 0 amide bonds. The van der Waals surface area contributed by atoms with Gasteiger partial charge >= 0.3 is 5.97 Å². The van der Waals surface area contributed by atoms with Crippen molar-refractivity contribution in [1.29, 1.82) is 0 Å². The van der Waals surface area contributed by atoms with Crippen LogP contribution in [0.25, 0.3) is 0 Å². The van der Waals surface area contributed by atoms with Gasteiger partial charge in [0.1, 0.15) is 0 Å². The van der Waals surface area contributed by atoms with E-state index in [1.807, 2.05) is 0 Å². The molecule has 0 aromatic heterocycles. The van der Waals surface area contributed by atoms with Crippen LogP contribution in [0.5, 0.6) is 0 Å².